The van der Waals surface area contributed by atoms with Crippen molar-refractivity contribution < 1.29 is 13.2 Å². The molecule has 5 nitrogen and oxygen atoms in total. The number of halogens is 3. The normalized spacial score (nSPS) is 15.8. The lowest BCUT2D eigenvalue weighted by atomic mass is 10.3. The molecule has 3 aromatic rings. The monoisotopic (exact) mass is 311 g/mol. The van der Waals surface area contributed by atoms with E-state index >= 15 is 0 Å². The van der Waals surface area contributed by atoms with Crippen LogP contribution in [0.4, 0.5) is 13.2 Å². The molecule has 108 valence electrons. The van der Waals surface area contributed by atoms with Crippen LogP contribution in [0.25, 0.3) is 16.2 Å². The van der Waals surface area contributed by atoms with Gasteiger partial charge in [-0.15, -0.1) is 20.4 Å². The van der Waals surface area contributed by atoms with E-state index in [1.807, 2.05) is 0 Å². The van der Waals surface area contributed by atoms with Crippen molar-refractivity contribution in [3.8, 4) is 10.6 Å². The van der Waals surface area contributed by atoms with Crippen LogP contribution in [0.15, 0.2) is 18.3 Å². The number of fused-ring (bicyclic) bond motifs is 1. The molecule has 1 aliphatic rings. The van der Waals surface area contributed by atoms with Crippen molar-refractivity contribution in [2.75, 3.05) is 0 Å². The second kappa shape index (κ2) is 4.23. The van der Waals surface area contributed by atoms with E-state index in [0.29, 0.717) is 16.5 Å². The third kappa shape index (κ3) is 2.17. The largest absolute Gasteiger partial charge is 0.452 e. The van der Waals surface area contributed by atoms with Crippen LogP contribution in [0.1, 0.15) is 29.6 Å². The van der Waals surface area contributed by atoms with Crippen LogP contribution in [0.2, 0.25) is 0 Å². The van der Waals surface area contributed by atoms with Gasteiger partial charge >= 0.3 is 6.18 Å². The molecule has 0 bridgehead atoms. The van der Waals surface area contributed by atoms with E-state index in [9.17, 15) is 13.2 Å². The molecule has 1 aliphatic carbocycles. The number of pyridine rings is 1. The molecule has 0 N–H and O–H groups in total. The predicted molar refractivity (Wildman–Crippen MR) is 68.9 cm³/mol. The van der Waals surface area contributed by atoms with Gasteiger partial charge in [-0.2, -0.15) is 13.2 Å². The van der Waals surface area contributed by atoms with E-state index in [1.54, 1.807) is 6.07 Å². The molecular formula is C12H8F3N5S. The van der Waals surface area contributed by atoms with Gasteiger partial charge in [-0.1, -0.05) is 11.3 Å². The summed E-state index contributed by atoms with van der Waals surface area (Å²) in [5.74, 6) is -0.563. The molecule has 0 radical (unpaired) electrons. The third-order valence-electron chi connectivity index (χ3n) is 3.27. The summed E-state index contributed by atoms with van der Waals surface area (Å²) in [7, 11) is 0. The van der Waals surface area contributed by atoms with Gasteiger partial charge in [0.05, 0.1) is 0 Å². The molecule has 3 aromatic heterocycles. The van der Waals surface area contributed by atoms with Crippen molar-refractivity contribution in [3.05, 3.63) is 29.2 Å². The van der Waals surface area contributed by atoms with E-state index in [2.05, 4.69) is 20.4 Å². The van der Waals surface area contributed by atoms with Crippen molar-refractivity contribution in [2.24, 2.45) is 0 Å². The van der Waals surface area contributed by atoms with Crippen LogP contribution < -0.4 is 0 Å². The number of aromatic nitrogens is 5. The average molecular weight is 311 g/mol. The van der Waals surface area contributed by atoms with Gasteiger partial charge in [0.25, 0.3) is 0 Å². The Morgan fingerprint density at radius 2 is 1.90 bits per heavy atom. The highest BCUT2D eigenvalue weighted by Gasteiger charge is 2.37. The van der Waals surface area contributed by atoms with E-state index in [0.717, 1.165) is 22.2 Å². The zero-order valence-corrected chi connectivity index (χ0v) is 11.3. The molecule has 0 aromatic carbocycles. The molecule has 1 fully saturated rings. The summed E-state index contributed by atoms with van der Waals surface area (Å²) in [4.78, 5) is 0. The van der Waals surface area contributed by atoms with E-state index in [-0.39, 0.29) is 5.65 Å². The second-order valence-electron chi connectivity index (χ2n) is 4.89. The smallest absolute Gasteiger partial charge is 0.278 e. The highest BCUT2D eigenvalue weighted by atomic mass is 32.1. The van der Waals surface area contributed by atoms with Crippen LogP contribution in [0.3, 0.4) is 0 Å². The molecule has 0 aliphatic heterocycles. The number of rotatable bonds is 2. The fourth-order valence-electron chi connectivity index (χ4n) is 2.06. The van der Waals surface area contributed by atoms with Gasteiger partial charge in [0.2, 0.25) is 5.82 Å². The Labute approximate surface area is 120 Å². The number of alkyl halides is 3. The first-order valence-electron chi connectivity index (χ1n) is 6.28. The lowest BCUT2D eigenvalue weighted by Gasteiger charge is -2.04. The van der Waals surface area contributed by atoms with E-state index < -0.39 is 12.0 Å². The van der Waals surface area contributed by atoms with Crippen LogP contribution in [0, 0.1) is 0 Å². The fourth-order valence-corrected chi connectivity index (χ4v) is 3.06. The zero-order valence-electron chi connectivity index (χ0n) is 10.5. The molecule has 0 atom stereocenters. The molecule has 3 heterocycles. The summed E-state index contributed by atoms with van der Waals surface area (Å²) in [6, 6.07) is 3.18. The van der Waals surface area contributed by atoms with Gasteiger partial charge in [-0.3, -0.25) is 4.40 Å². The van der Waals surface area contributed by atoms with Gasteiger partial charge in [0, 0.05) is 17.7 Å². The number of nitrogens with zero attached hydrogens (tertiary/aromatic N) is 5. The Balaban J connectivity index is 1.81. The summed E-state index contributed by atoms with van der Waals surface area (Å²) in [5, 5.41) is 16.4. The minimum Gasteiger partial charge on any atom is -0.278 e. The van der Waals surface area contributed by atoms with Gasteiger partial charge in [0.15, 0.2) is 5.65 Å². The van der Waals surface area contributed by atoms with Crippen LogP contribution in [0.5, 0.6) is 0 Å². The van der Waals surface area contributed by atoms with Crippen LogP contribution in [-0.4, -0.2) is 24.8 Å². The number of hydrogen-bond acceptors (Lipinski definition) is 5. The average Bonchev–Trinajstić information content (AvgIpc) is 3.01. The second-order valence-corrected chi connectivity index (χ2v) is 5.90. The summed E-state index contributed by atoms with van der Waals surface area (Å²) >= 11 is 1.42. The molecule has 21 heavy (non-hydrogen) atoms. The van der Waals surface area contributed by atoms with Crippen molar-refractivity contribution in [2.45, 2.75) is 24.9 Å². The highest BCUT2D eigenvalue weighted by molar-refractivity contribution is 7.14. The molecule has 0 saturated heterocycles. The first kappa shape index (κ1) is 12.7. The van der Waals surface area contributed by atoms with Crippen LogP contribution >= 0.6 is 11.3 Å². The van der Waals surface area contributed by atoms with Crippen molar-refractivity contribution in [1.29, 1.82) is 0 Å². The van der Waals surface area contributed by atoms with E-state index in [4.69, 9.17) is 0 Å². The third-order valence-corrected chi connectivity index (χ3v) is 4.40. The molecule has 1 saturated carbocycles. The molecule has 4 rings (SSSR count). The van der Waals surface area contributed by atoms with Crippen molar-refractivity contribution >= 4 is 17.0 Å². The first-order chi connectivity index (χ1) is 10.0. The lowest BCUT2D eigenvalue weighted by Crippen LogP contribution is -2.10. The Bertz CT molecular complexity index is 818. The van der Waals surface area contributed by atoms with Gasteiger partial charge in [-0.25, -0.2) is 0 Å². The SMILES string of the molecule is FC(F)(F)c1nnc2ccc(-c3nnc(C4CC4)s3)cn12. The topological polar surface area (TPSA) is 56.0 Å². The lowest BCUT2D eigenvalue weighted by molar-refractivity contribution is -0.145. The van der Waals surface area contributed by atoms with Crippen molar-refractivity contribution in [3.63, 3.8) is 0 Å². The summed E-state index contributed by atoms with van der Waals surface area (Å²) in [6.07, 6.45) is -0.970. The Kier molecular flexibility index (Phi) is 2.56. The van der Waals surface area contributed by atoms with Gasteiger partial charge in [-0.05, 0) is 25.0 Å². The summed E-state index contributed by atoms with van der Waals surface area (Å²) in [6.45, 7) is 0. The summed E-state index contributed by atoms with van der Waals surface area (Å²) < 4.78 is 39.5. The molecule has 0 amide bonds. The Hall–Kier alpha value is -2.03. The standard InChI is InChI=1S/C12H8F3N5S/c13-12(14,15)11-19-16-8-4-3-7(5-20(8)11)10-18-17-9(21-10)6-1-2-6/h3-6H,1-2H2. The van der Waals surface area contributed by atoms with Gasteiger partial charge in [0.1, 0.15) is 10.0 Å². The Morgan fingerprint density at radius 3 is 2.62 bits per heavy atom. The quantitative estimate of drug-likeness (QED) is 0.729. The van der Waals surface area contributed by atoms with Crippen LogP contribution in [-0.2, 0) is 6.18 Å². The van der Waals surface area contributed by atoms with E-state index in [1.165, 1.54) is 23.6 Å². The molecule has 9 heteroatoms. The molecule has 0 unspecified atom stereocenters. The number of hydrogen-bond donors (Lipinski definition) is 0. The fraction of sp³-hybridized carbons (Fsp3) is 0.333. The minimum atomic E-state index is -4.54. The zero-order chi connectivity index (χ0) is 14.6. The summed E-state index contributed by atoms with van der Waals surface area (Å²) in [5.41, 5.74) is 0.732. The Morgan fingerprint density at radius 1 is 1.10 bits per heavy atom. The maximum atomic E-state index is 12.9. The van der Waals surface area contributed by atoms with Gasteiger partial charge < -0.3 is 0 Å². The highest BCUT2D eigenvalue weighted by Crippen LogP contribution is 2.42. The molecule has 0 spiro atoms. The minimum absolute atomic E-state index is 0.151. The maximum absolute atomic E-state index is 12.9. The maximum Gasteiger partial charge on any atom is 0.452 e. The first-order valence-corrected chi connectivity index (χ1v) is 7.10. The van der Waals surface area contributed by atoms with Crippen molar-refractivity contribution in [1.82, 2.24) is 24.8 Å². The molecular weight excluding hydrogens is 303 g/mol. The predicted octanol–water partition coefficient (Wildman–Crippen LogP) is 3.14.